The fraction of sp³-hybridized carbons (Fsp3) is 0.789. The number of amides is 3. The Morgan fingerprint density at radius 3 is 2.34 bits per heavy atom. The molecular weight excluding hydrogens is 378 g/mol. The van der Waals surface area contributed by atoms with Gasteiger partial charge in [-0.3, -0.25) is 14.4 Å². The molecule has 10 heteroatoms. The van der Waals surface area contributed by atoms with Crippen LogP contribution in [0.2, 0.25) is 0 Å². The number of rotatable bonds is 12. The molecule has 0 aromatic heterocycles. The molecule has 1 heterocycles. The first-order valence-corrected chi connectivity index (χ1v) is 10.2. The van der Waals surface area contributed by atoms with E-state index < -0.39 is 35.9 Å². The standard InChI is InChI=1S/C19H35N5O5/c1-12(2)10-14(19(28)29)23-17(26)13(6-3-4-8-20)22-18(27)15-7-5-9-24(15)16(25)11-21/h12-15H,3-11,20-21H2,1-2H3,(H,22,27)(H,23,26)(H,28,29). The van der Waals surface area contributed by atoms with Crippen LogP contribution in [0.15, 0.2) is 0 Å². The molecule has 1 saturated heterocycles. The van der Waals surface area contributed by atoms with Crippen molar-refractivity contribution < 1.29 is 24.3 Å². The van der Waals surface area contributed by atoms with Gasteiger partial charge in [0.25, 0.3) is 0 Å². The third-order valence-electron chi connectivity index (χ3n) is 4.95. The second kappa shape index (κ2) is 12.4. The maximum Gasteiger partial charge on any atom is 0.326 e. The highest BCUT2D eigenvalue weighted by molar-refractivity contribution is 5.93. The number of hydrogen-bond donors (Lipinski definition) is 5. The number of carbonyl (C=O) groups is 4. The zero-order chi connectivity index (χ0) is 22.0. The molecule has 166 valence electrons. The molecule has 0 aromatic rings. The summed E-state index contributed by atoms with van der Waals surface area (Å²) in [5.41, 5.74) is 10.9. The number of carbonyl (C=O) groups excluding carboxylic acids is 3. The molecule has 0 radical (unpaired) electrons. The number of aliphatic carboxylic acids is 1. The van der Waals surface area contributed by atoms with Gasteiger partial charge in [0, 0.05) is 6.54 Å². The summed E-state index contributed by atoms with van der Waals surface area (Å²) in [7, 11) is 0. The zero-order valence-corrected chi connectivity index (χ0v) is 17.4. The largest absolute Gasteiger partial charge is 0.480 e. The summed E-state index contributed by atoms with van der Waals surface area (Å²) < 4.78 is 0. The number of nitrogens with one attached hydrogen (secondary N) is 2. The molecule has 7 N–H and O–H groups in total. The Bertz CT molecular complexity index is 583. The van der Waals surface area contributed by atoms with Gasteiger partial charge in [-0.15, -0.1) is 0 Å². The van der Waals surface area contributed by atoms with Gasteiger partial charge in [-0.2, -0.15) is 0 Å². The maximum atomic E-state index is 12.8. The van der Waals surface area contributed by atoms with Crippen LogP contribution in [-0.2, 0) is 19.2 Å². The van der Waals surface area contributed by atoms with Gasteiger partial charge in [-0.25, -0.2) is 4.79 Å². The lowest BCUT2D eigenvalue weighted by Crippen LogP contribution is -2.55. The van der Waals surface area contributed by atoms with E-state index in [1.54, 1.807) is 0 Å². The average Bonchev–Trinajstić information content (AvgIpc) is 3.15. The summed E-state index contributed by atoms with van der Waals surface area (Å²) in [4.78, 5) is 50.3. The van der Waals surface area contributed by atoms with Gasteiger partial charge < -0.3 is 32.1 Å². The van der Waals surface area contributed by atoms with E-state index >= 15 is 0 Å². The van der Waals surface area contributed by atoms with Crippen LogP contribution in [0.4, 0.5) is 0 Å². The highest BCUT2D eigenvalue weighted by atomic mass is 16.4. The van der Waals surface area contributed by atoms with Crippen LogP contribution in [0.25, 0.3) is 0 Å². The second-order valence-electron chi connectivity index (χ2n) is 7.82. The smallest absolute Gasteiger partial charge is 0.326 e. The van der Waals surface area contributed by atoms with Gasteiger partial charge in [-0.1, -0.05) is 13.8 Å². The fourth-order valence-corrected chi connectivity index (χ4v) is 3.45. The summed E-state index contributed by atoms with van der Waals surface area (Å²) in [6, 6.07) is -2.58. The van der Waals surface area contributed by atoms with Crippen molar-refractivity contribution in [2.75, 3.05) is 19.6 Å². The Balaban J connectivity index is 2.85. The predicted molar refractivity (Wildman–Crippen MR) is 108 cm³/mol. The van der Waals surface area contributed by atoms with E-state index in [9.17, 15) is 24.3 Å². The number of unbranched alkanes of at least 4 members (excludes halogenated alkanes) is 1. The highest BCUT2D eigenvalue weighted by Crippen LogP contribution is 2.18. The summed E-state index contributed by atoms with van der Waals surface area (Å²) in [5.74, 6) is -2.31. The number of carboxylic acid groups (broad SMARTS) is 1. The van der Waals surface area contributed by atoms with Gasteiger partial charge in [0.05, 0.1) is 6.54 Å². The van der Waals surface area contributed by atoms with Crippen molar-refractivity contribution in [3.8, 4) is 0 Å². The van der Waals surface area contributed by atoms with Crippen molar-refractivity contribution in [1.29, 1.82) is 0 Å². The van der Waals surface area contributed by atoms with Crippen molar-refractivity contribution in [1.82, 2.24) is 15.5 Å². The number of likely N-dealkylation sites (tertiary alicyclic amines) is 1. The van der Waals surface area contributed by atoms with E-state index in [2.05, 4.69) is 10.6 Å². The van der Waals surface area contributed by atoms with Gasteiger partial charge in [0.2, 0.25) is 17.7 Å². The van der Waals surface area contributed by atoms with Crippen LogP contribution >= 0.6 is 0 Å². The van der Waals surface area contributed by atoms with Gasteiger partial charge in [-0.05, 0) is 51.0 Å². The topological polar surface area (TPSA) is 168 Å². The molecule has 0 aromatic carbocycles. The Hall–Kier alpha value is -2.20. The molecule has 3 atom stereocenters. The van der Waals surface area contributed by atoms with Crippen LogP contribution < -0.4 is 22.1 Å². The van der Waals surface area contributed by atoms with E-state index in [1.807, 2.05) is 13.8 Å². The van der Waals surface area contributed by atoms with E-state index in [1.165, 1.54) is 4.90 Å². The van der Waals surface area contributed by atoms with Crippen molar-refractivity contribution in [2.45, 2.75) is 70.5 Å². The van der Waals surface area contributed by atoms with E-state index in [-0.39, 0.29) is 24.8 Å². The third kappa shape index (κ3) is 7.98. The molecule has 0 aliphatic carbocycles. The number of nitrogens with zero attached hydrogens (tertiary/aromatic N) is 1. The van der Waals surface area contributed by atoms with Gasteiger partial charge >= 0.3 is 5.97 Å². The first-order valence-electron chi connectivity index (χ1n) is 10.2. The van der Waals surface area contributed by atoms with Crippen LogP contribution in [0.5, 0.6) is 0 Å². The fourth-order valence-electron chi connectivity index (χ4n) is 3.45. The molecule has 0 bridgehead atoms. The molecule has 29 heavy (non-hydrogen) atoms. The summed E-state index contributed by atoms with van der Waals surface area (Å²) in [6.45, 7) is 4.46. The lowest BCUT2D eigenvalue weighted by molar-refractivity contribution is -0.143. The highest BCUT2D eigenvalue weighted by Gasteiger charge is 2.35. The van der Waals surface area contributed by atoms with Crippen LogP contribution in [0, 0.1) is 5.92 Å². The van der Waals surface area contributed by atoms with Crippen molar-refractivity contribution in [2.24, 2.45) is 17.4 Å². The Kier molecular flexibility index (Phi) is 10.6. The lowest BCUT2D eigenvalue weighted by atomic mass is 10.0. The first-order chi connectivity index (χ1) is 13.7. The SMILES string of the molecule is CC(C)CC(NC(=O)C(CCCCN)NC(=O)C1CCCN1C(=O)CN)C(=O)O. The molecule has 10 nitrogen and oxygen atoms in total. The minimum Gasteiger partial charge on any atom is -0.480 e. The molecule has 1 aliphatic heterocycles. The molecule has 0 saturated carbocycles. The van der Waals surface area contributed by atoms with Gasteiger partial charge in [0.1, 0.15) is 18.1 Å². The van der Waals surface area contributed by atoms with Crippen molar-refractivity contribution in [3.05, 3.63) is 0 Å². The van der Waals surface area contributed by atoms with E-state index in [0.717, 1.165) is 0 Å². The zero-order valence-electron chi connectivity index (χ0n) is 17.4. The minimum absolute atomic E-state index is 0.0796. The van der Waals surface area contributed by atoms with Crippen LogP contribution in [-0.4, -0.2) is 71.5 Å². The van der Waals surface area contributed by atoms with Crippen molar-refractivity contribution >= 4 is 23.7 Å². The Morgan fingerprint density at radius 1 is 1.10 bits per heavy atom. The quantitative estimate of drug-likeness (QED) is 0.260. The van der Waals surface area contributed by atoms with E-state index in [4.69, 9.17) is 11.5 Å². The lowest BCUT2D eigenvalue weighted by Gasteiger charge is -2.27. The van der Waals surface area contributed by atoms with E-state index in [0.29, 0.717) is 45.2 Å². The summed E-state index contributed by atoms with van der Waals surface area (Å²) in [5, 5.41) is 14.6. The normalized spacial score (nSPS) is 18.4. The summed E-state index contributed by atoms with van der Waals surface area (Å²) >= 11 is 0. The molecule has 3 amide bonds. The molecule has 0 spiro atoms. The maximum absolute atomic E-state index is 12.8. The molecule has 1 rings (SSSR count). The Morgan fingerprint density at radius 2 is 1.79 bits per heavy atom. The molecule has 3 unspecified atom stereocenters. The predicted octanol–water partition coefficient (Wildman–Crippen LogP) is -0.835. The molecular formula is C19H35N5O5. The summed E-state index contributed by atoms with van der Waals surface area (Å²) in [6.07, 6.45) is 3.08. The van der Waals surface area contributed by atoms with Gasteiger partial charge in [0.15, 0.2) is 0 Å². The molecule has 1 fully saturated rings. The monoisotopic (exact) mass is 413 g/mol. The number of nitrogens with two attached hydrogens (primary N) is 2. The minimum atomic E-state index is -1.12. The average molecular weight is 414 g/mol. The van der Waals surface area contributed by atoms with Crippen LogP contribution in [0.3, 0.4) is 0 Å². The number of hydrogen-bond acceptors (Lipinski definition) is 6. The second-order valence-corrected chi connectivity index (χ2v) is 7.82. The van der Waals surface area contributed by atoms with Crippen molar-refractivity contribution in [3.63, 3.8) is 0 Å². The Labute approximate surface area is 171 Å². The third-order valence-corrected chi connectivity index (χ3v) is 4.95. The van der Waals surface area contributed by atoms with Crippen LogP contribution in [0.1, 0.15) is 52.4 Å². The molecule has 1 aliphatic rings. The first kappa shape index (κ1) is 24.8. The number of carboxylic acids is 1.